The van der Waals surface area contributed by atoms with Gasteiger partial charge in [0.1, 0.15) is 0 Å². The Balaban J connectivity index is 2.85. The van der Waals surface area contributed by atoms with E-state index in [9.17, 15) is 0 Å². The minimum Gasteiger partial charge on any atom is -0.312 e. The van der Waals surface area contributed by atoms with Gasteiger partial charge in [0, 0.05) is 12.1 Å². The molecule has 0 unspecified atom stereocenters. The van der Waals surface area contributed by atoms with Crippen molar-refractivity contribution in [2.45, 2.75) is 66.3 Å². The first-order valence-electron chi connectivity index (χ1n) is 7.61. The van der Waals surface area contributed by atoms with E-state index in [1.54, 1.807) is 0 Å². The molecule has 0 heterocycles. The number of hydrogen-bond acceptors (Lipinski definition) is 1. The molecule has 0 aliphatic carbocycles. The molecule has 0 aliphatic heterocycles. The van der Waals surface area contributed by atoms with Gasteiger partial charge in [-0.15, -0.1) is 0 Å². The maximum Gasteiger partial charge on any atom is 0.00967 e. The van der Waals surface area contributed by atoms with Gasteiger partial charge in [0.2, 0.25) is 0 Å². The average molecular weight is 261 g/mol. The zero-order valence-electron chi connectivity index (χ0n) is 13.6. The van der Waals surface area contributed by atoms with Crippen LogP contribution in [0, 0.1) is 12.3 Å². The number of hydrogen-bond donors (Lipinski definition) is 1. The van der Waals surface area contributed by atoms with Gasteiger partial charge in [-0.2, -0.15) is 0 Å². The lowest BCUT2D eigenvalue weighted by atomic mass is 9.75. The van der Waals surface area contributed by atoms with Crippen molar-refractivity contribution in [1.29, 1.82) is 0 Å². The van der Waals surface area contributed by atoms with E-state index in [1.165, 1.54) is 30.4 Å². The van der Waals surface area contributed by atoms with Gasteiger partial charge in [-0.3, -0.25) is 0 Å². The minimum absolute atomic E-state index is 0.196. The van der Waals surface area contributed by atoms with E-state index in [-0.39, 0.29) is 5.54 Å². The fourth-order valence-corrected chi connectivity index (χ4v) is 2.48. The van der Waals surface area contributed by atoms with Crippen molar-refractivity contribution < 1.29 is 0 Å². The predicted octanol–water partition coefficient (Wildman–Crippen LogP) is 4.73. The third-order valence-electron chi connectivity index (χ3n) is 4.32. The van der Waals surface area contributed by atoms with Crippen LogP contribution in [0.3, 0.4) is 0 Å². The Morgan fingerprint density at radius 2 is 1.58 bits per heavy atom. The molecule has 0 radical (unpaired) electrons. The highest BCUT2D eigenvalue weighted by molar-refractivity contribution is 5.26. The van der Waals surface area contributed by atoms with E-state index in [0.29, 0.717) is 5.41 Å². The smallest absolute Gasteiger partial charge is 0.00967 e. The lowest BCUT2D eigenvalue weighted by molar-refractivity contribution is 0.220. The van der Waals surface area contributed by atoms with Crippen LogP contribution in [0.1, 0.15) is 58.6 Å². The second-order valence-corrected chi connectivity index (χ2v) is 6.91. The molecule has 19 heavy (non-hydrogen) atoms. The summed E-state index contributed by atoms with van der Waals surface area (Å²) in [6.07, 6.45) is 3.62. The molecule has 0 aliphatic rings. The van der Waals surface area contributed by atoms with Gasteiger partial charge < -0.3 is 5.32 Å². The van der Waals surface area contributed by atoms with E-state index >= 15 is 0 Å². The van der Waals surface area contributed by atoms with Crippen LogP contribution in [-0.4, -0.2) is 12.1 Å². The van der Waals surface area contributed by atoms with Crippen molar-refractivity contribution in [3.05, 3.63) is 35.4 Å². The first-order valence-corrected chi connectivity index (χ1v) is 7.61. The quantitative estimate of drug-likeness (QED) is 0.780. The third kappa shape index (κ3) is 4.99. The maximum atomic E-state index is 3.70. The molecule has 0 saturated heterocycles. The van der Waals surface area contributed by atoms with Crippen molar-refractivity contribution >= 4 is 0 Å². The van der Waals surface area contributed by atoms with Crippen LogP contribution in [0.2, 0.25) is 0 Å². The SMILES string of the molecule is CCC(CC)(CNC(C)(C)C)Cc1ccccc1C. The second kappa shape index (κ2) is 6.56. The fraction of sp³-hybridized carbons (Fsp3) is 0.667. The summed E-state index contributed by atoms with van der Waals surface area (Å²) in [5.41, 5.74) is 3.49. The number of aryl methyl sites for hydroxylation is 1. The summed E-state index contributed by atoms with van der Waals surface area (Å²) < 4.78 is 0. The van der Waals surface area contributed by atoms with Gasteiger partial charge in [-0.1, -0.05) is 38.1 Å². The van der Waals surface area contributed by atoms with Crippen LogP contribution >= 0.6 is 0 Å². The van der Waals surface area contributed by atoms with Gasteiger partial charge in [0.25, 0.3) is 0 Å². The Hall–Kier alpha value is -0.820. The normalized spacial score (nSPS) is 12.7. The van der Waals surface area contributed by atoms with Gasteiger partial charge >= 0.3 is 0 Å². The third-order valence-corrected chi connectivity index (χ3v) is 4.32. The number of benzene rings is 1. The molecular weight excluding hydrogens is 230 g/mol. The summed E-state index contributed by atoms with van der Waals surface area (Å²) in [6, 6.07) is 8.80. The Kier molecular flexibility index (Phi) is 5.61. The van der Waals surface area contributed by atoms with E-state index in [0.717, 1.165) is 6.54 Å². The van der Waals surface area contributed by atoms with Crippen molar-refractivity contribution in [2.75, 3.05) is 6.54 Å². The second-order valence-electron chi connectivity index (χ2n) is 6.91. The molecule has 1 aromatic carbocycles. The summed E-state index contributed by atoms with van der Waals surface area (Å²) in [6.45, 7) is 14.7. The molecule has 1 aromatic rings. The molecule has 0 spiro atoms. The molecule has 0 aromatic heterocycles. The Bertz CT molecular complexity index is 383. The first kappa shape index (κ1) is 16.2. The van der Waals surface area contributed by atoms with Crippen LogP contribution in [0.5, 0.6) is 0 Å². The summed E-state index contributed by atoms with van der Waals surface area (Å²) in [4.78, 5) is 0. The molecular formula is C18H31N. The highest BCUT2D eigenvalue weighted by Gasteiger charge is 2.28. The van der Waals surface area contributed by atoms with Crippen molar-refractivity contribution in [1.82, 2.24) is 5.32 Å². The van der Waals surface area contributed by atoms with Crippen LogP contribution in [0.4, 0.5) is 0 Å². The molecule has 108 valence electrons. The van der Waals surface area contributed by atoms with Gasteiger partial charge in [0.05, 0.1) is 0 Å². The monoisotopic (exact) mass is 261 g/mol. The molecule has 1 heteroatoms. The number of rotatable bonds is 6. The van der Waals surface area contributed by atoms with Crippen LogP contribution in [0.15, 0.2) is 24.3 Å². The molecule has 0 fully saturated rings. The van der Waals surface area contributed by atoms with Crippen molar-refractivity contribution in [3.63, 3.8) is 0 Å². The molecule has 0 saturated carbocycles. The zero-order chi connectivity index (χ0) is 14.5. The van der Waals surface area contributed by atoms with Crippen LogP contribution in [0.25, 0.3) is 0 Å². The van der Waals surface area contributed by atoms with Crippen molar-refractivity contribution in [2.24, 2.45) is 5.41 Å². The molecule has 0 amide bonds. The maximum absolute atomic E-state index is 3.70. The molecule has 1 nitrogen and oxygen atoms in total. The highest BCUT2D eigenvalue weighted by Crippen LogP contribution is 2.32. The Labute approximate surface area is 119 Å². The van der Waals surface area contributed by atoms with Gasteiger partial charge in [0.15, 0.2) is 0 Å². The minimum atomic E-state index is 0.196. The highest BCUT2D eigenvalue weighted by atomic mass is 15.0. The summed E-state index contributed by atoms with van der Waals surface area (Å²) >= 11 is 0. The number of nitrogens with one attached hydrogen (secondary N) is 1. The van der Waals surface area contributed by atoms with Gasteiger partial charge in [-0.25, -0.2) is 0 Å². The summed E-state index contributed by atoms with van der Waals surface area (Å²) in [5.74, 6) is 0. The largest absolute Gasteiger partial charge is 0.312 e. The molecule has 1 rings (SSSR count). The fourth-order valence-electron chi connectivity index (χ4n) is 2.48. The van der Waals surface area contributed by atoms with Gasteiger partial charge in [-0.05, 0) is 63.5 Å². The predicted molar refractivity (Wildman–Crippen MR) is 85.7 cm³/mol. The Morgan fingerprint density at radius 1 is 1.00 bits per heavy atom. The van der Waals surface area contributed by atoms with Crippen LogP contribution < -0.4 is 5.32 Å². The topological polar surface area (TPSA) is 12.0 Å². The molecule has 0 bridgehead atoms. The van der Waals surface area contributed by atoms with E-state index < -0.39 is 0 Å². The lowest BCUT2D eigenvalue weighted by Gasteiger charge is -2.36. The lowest BCUT2D eigenvalue weighted by Crippen LogP contribution is -2.44. The van der Waals surface area contributed by atoms with Crippen molar-refractivity contribution in [3.8, 4) is 0 Å². The van der Waals surface area contributed by atoms with Crippen LogP contribution in [-0.2, 0) is 6.42 Å². The van der Waals surface area contributed by atoms with E-state index in [1.807, 2.05) is 0 Å². The summed E-state index contributed by atoms with van der Waals surface area (Å²) in [5, 5.41) is 3.70. The summed E-state index contributed by atoms with van der Waals surface area (Å²) in [7, 11) is 0. The Morgan fingerprint density at radius 3 is 2.05 bits per heavy atom. The first-order chi connectivity index (χ1) is 8.82. The average Bonchev–Trinajstić information content (AvgIpc) is 2.36. The zero-order valence-corrected chi connectivity index (χ0v) is 13.6. The molecule has 1 N–H and O–H groups in total. The molecule has 0 atom stereocenters. The standard InChI is InChI=1S/C18H31N/c1-7-18(8-2,14-19-17(4,5)6)13-16-12-10-9-11-15(16)3/h9-12,19H,7-8,13-14H2,1-6H3. The van der Waals surface area contributed by atoms with E-state index in [2.05, 4.69) is 71.1 Å². The van der Waals surface area contributed by atoms with E-state index in [4.69, 9.17) is 0 Å².